The molecule has 4 nitrogen and oxygen atoms in total. The largest absolute Gasteiger partial charge is 0.446 e. The minimum Gasteiger partial charge on any atom is -0.446 e. The van der Waals surface area contributed by atoms with E-state index in [1.165, 1.54) is 19.0 Å². The quantitative estimate of drug-likeness (QED) is 0.849. The van der Waals surface area contributed by atoms with Gasteiger partial charge in [-0.2, -0.15) is 0 Å². The van der Waals surface area contributed by atoms with Crippen molar-refractivity contribution in [3.05, 3.63) is 41.0 Å². The first-order valence-electron chi connectivity index (χ1n) is 5.96. The number of aromatic nitrogens is 1. The maximum atomic E-state index is 13.5. The van der Waals surface area contributed by atoms with Crippen LogP contribution >= 0.6 is 0 Å². The fraction of sp³-hybridized carbons (Fsp3) is 0.286. The predicted molar refractivity (Wildman–Crippen MR) is 69.3 cm³/mol. The summed E-state index contributed by atoms with van der Waals surface area (Å²) in [5.74, 6) is -1.70. The molecule has 1 aromatic carbocycles. The summed E-state index contributed by atoms with van der Waals surface area (Å²) >= 11 is 0. The third kappa shape index (κ3) is 2.41. The zero-order valence-corrected chi connectivity index (χ0v) is 11.6. The fourth-order valence-corrected chi connectivity index (χ4v) is 1.94. The Labute approximate surface area is 115 Å². The van der Waals surface area contributed by atoms with Crippen LogP contribution in [0.3, 0.4) is 0 Å². The molecule has 106 valence electrons. The highest BCUT2D eigenvalue weighted by Crippen LogP contribution is 2.29. The Morgan fingerprint density at radius 2 is 1.80 bits per heavy atom. The van der Waals surface area contributed by atoms with E-state index < -0.39 is 17.5 Å². The van der Waals surface area contributed by atoms with Crippen LogP contribution in [0.1, 0.15) is 22.0 Å². The monoisotopic (exact) mass is 280 g/mol. The van der Waals surface area contributed by atoms with E-state index in [9.17, 15) is 13.6 Å². The molecule has 0 fully saturated rings. The number of amides is 1. The summed E-state index contributed by atoms with van der Waals surface area (Å²) in [6.45, 7) is 3.30. The van der Waals surface area contributed by atoms with Gasteiger partial charge >= 0.3 is 0 Å². The number of nitrogens with zero attached hydrogens (tertiary/aromatic N) is 2. The van der Waals surface area contributed by atoms with E-state index in [0.29, 0.717) is 17.3 Å². The van der Waals surface area contributed by atoms with E-state index in [1.807, 2.05) is 0 Å². The summed E-state index contributed by atoms with van der Waals surface area (Å²) in [5, 5.41) is 0. The van der Waals surface area contributed by atoms with E-state index in [4.69, 9.17) is 4.42 Å². The number of carbonyl (C=O) groups is 1. The van der Waals surface area contributed by atoms with Crippen molar-refractivity contribution < 1.29 is 18.0 Å². The second kappa shape index (κ2) is 5.03. The zero-order valence-electron chi connectivity index (χ0n) is 11.6. The van der Waals surface area contributed by atoms with Crippen LogP contribution in [-0.2, 0) is 0 Å². The maximum Gasteiger partial charge on any atom is 0.254 e. The van der Waals surface area contributed by atoms with Gasteiger partial charge in [0.1, 0.15) is 11.5 Å². The molecule has 0 radical (unpaired) electrons. The van der Waals surface area contributed by atoms with Crippen molar-refractivity contribution in [3.8, 4) is 11.3 Å². The molecule has 6 heteroatoms. The third-order valence-electron chi connectivity index (χ3n) is 2.86. The second-order valence-corrected chi connectivity index (χ2v) is 4.65. The van der Waals surface area contributed by atoms with Crippen LogP contribution in [0.2, 0.25) is 0 Å². The number of oxazole rings is 1. The molecule has 0 unspecified atom stereocenters. The third-order valence-corrected chi connectivity index (χ3v) is 2.86. The van der Waals surface area contributed by atoms with E-state index in [2.05, 4.69) is 4.98 Å². The van der Waals surface area contributed by atoms with Gasteiger partial charge in [0, 0.05) is 26.6 Å². The van der Waals surface area contributed by atoms with Crippen molar-refractivity contribution in [2.75, 3.05) is 14.1 Å². The number of carbonyl (C=O) groups excluding carboxylic acids is 1. The number of benzene rings is 1. The Bertz CT molecular complexity index is 678. The minimum atomic E-state index is -1.07. The van der Waals surface area contributed by atoms with Crippen LogP contribution in [0.4, 0.5) is 8.78 Å². The lowest BCUT2D eigenvalue weighted by molar-refractivity contribution is 0.0827. The first-order valence-corrected chi connectivity index (χ1v) is 5.96. The summed E-state index contributed by atoms with van der Waals surface area (Å²) < 4.78 is 32.2. The molecule has 1 heterocycles. The van der Waals surface area contributed by atoms with E-state index in [-0.39, 0.29) is 11.1 Å². The molecule has 0 atom stereocenters. The van der Waals surface area contributed by atoms with Gasteiger partial charge in [-0.05, 0) is 19.1 Å². The first kappa shape index (κ1) is 14.2. The minimum absolute atomic E-state index is 0.0466. The van der Waals surface area contributed by atoms with Gasteiger partial charge in [0.25, 0.3) is 5.91 Å². The Balaban J connectivity index is 2.71. The molecule has 0 aliphatic heterocycles. The molecule has 0 aliphatic rings. The molecule has 20 heavy (non-hydrogen) atoms. The SMILES string of the molecule is Cc1nc(-c2cc(F)c(F)cc2C(=O)N(C)C)c(C)o1. The van der Waals surface area contributed by atoms with Gasteiger partial charge in [-0.15, -0.1) is 0 Å². The Kier molecular flexibility index (Phi) is 3.57. The second-order valence-electron chi connectivity index (χ2n) is 4.65. The van der Waals surface area contributed by atoms with Crippen molar-refractivity contribution in [2.24, 2.45) is 0 Å². The molecule has 0 bridgehead atoms. The molecular formula is C14H14F2N2O2. The van der Waals surface area contributed by atoms with Crippen molar-refractivity contribution in [1.29, 1.82) is 0 Å². The van der Waals surface area contributed by atoms with Crippen LogP contribution in [-0.4, -0.2) is 29.9 Å². The van der Waals surface area contributed by atoms with Gasteiger partial charge in [-0.25, -0.2) is 13.8 Å². The van der Waals surface area contributed by atoms with E-state index in [1.54, 1.807) is 13.8 Å². The van der Waals surface area contributed by atoms with Gasteiger partial charge in [0.05, 0.1) is 5.56 Å². The van der Waals surface area contributed by atoms with Crippen molar-refractivity contribution in [2.45, 2.75) is 13.8 Å². The Hall–Kier alpha value is -2.24. The summed E-state index contributed by atoms with van der Waals surface area (Å²) in [4.78, 5) is 17.5. The summed E-state index contributed by atoms with van der Waals surface area (Å²) in [6.07, 6.45) is 0. The molecule has 1 aromatic heterocycles. The number of halogens is 2. The van der Waals surface area contributed by atoms with Crippen LogP contribution in [0.25, 0.3) is 11.3 Å². The van der Waals surface area contributed by atoms with Gasteiger partial charge in [-0.3, -0.25) is 4.79 Å². The Morgan fingerprint density at radius 3 is 2.30 bits per heavy atom. The van der Waals surface area contributed by atoms with Crippen molar-refractivity contribution in [3.63, 3.8) is 0 Å². The molecule has 2 rings (SSSR count). The number of hydrogen-bond acceptors (Lipinski definition) is 3. The number of aryl methyl sites for hydroxylation is 2. The van der Waals surface area contributed by atoms with E-state index in [0.717, 1.165) is 12.1 Å². The number of rotatable bonds is 2. The average molecular weight is 280 g/mol. The lowest BCUT2D eigenvalue weighted by atomic mass is 10.0. The fourth-order valence-electron chi connectivity index (χ4n) is 1.94. The summed E-state index contributed by atoms with van der Waals surface area (Å²) in [5.41, 5.74) is 0.605. The highest BCUT2D eigenvalue weighted by molar-refractivity contribution is 6.00. The molecular weight excluding hydrogens is 266 g/mol. The van der Waals surface area contributed by atoms with Gasteiger partial charge < -0.3 is 9.32 Å². The van der Waals surface area contributed by atoms with Gasteiger partial charge in [0.2, 0.25) is 0 Å². The van der Waals surface area contributed by atoms with E-state index >= 15 is 0 Å². The maximum absolute atomic E-state index is 13.5. The van der Waals surface area contributed by atoms with Crippen LogP contribution in [0.15, 0.2) is 16.5 Å². The van der Waals surface area contributed by atoms with Crippen LogP contribution in [0.5, 0.6) is 0 Å². The topological polar surface area (TPSA) is 46.3 Å². The molecule has 0 N–H and O–H groups in total. The normalized spacial score (nSPS) is 10.7. The lowest BCUT2D eigenvalue weighted by Crippen LogP contribution is -2.22. The molecule has 1 amide bonds. The van der Waals surface area contributed by atoms with Crippen molar-refractivity contribution >= 4 is 5.91 Å². The standard InChI is InChI=1S/C14H14F2N2O2/c1-7-13(17-8(2)20-7)9-5-11(15)12(16)6-10(9)14(19)18(3)4/h5-6H,1-4H3. The van der Waals surface area contributed by atoms with Crippen LogP contribution in [0, 0.1) is 25.5 Å². The lowest BCUT2D eigenvalue weighted by Gasteiger charge is -2.13. The molecule has 0 spiro atoms. The summed E-state index contributed by atoms with van der Waals surface area (Å²) in [7, 11) is 3.07. The van der Waals surface area contributed by atoms with Gasteiger partial charge in [0.15, 0.2) is 17.5 Å². The zero-order chi connectivity index (χ0) is 15.0. The first-order chi connectivity index (χ1) is 9.31. The molecule has 2 aromatic rings. The summed E-state index contributed by atoms with van der Waals surface area (Å²) in [6, 6.07) is 1.85. The van der Waals surface area contributed by atoms with Gasteiger partial charge in [-0.1, -0.05) is 0 Å². The highest BCUT2D eigenvalue weighted by atomic mass is 19.2. The average Bonchev–Trinajstić information content (AvgIpc) is 2.70. The smallest absolute Gasteiger partial charge is 0.254 e. The van der Waals surface area contributed by atoms with Crippen LogP contribution < -0.4 is 0 Å². The molecule has 0 saturated carbocycles. The Morgan fingerprint density at radius 1 is 1.20 bits per heavy atom. The predicted octanol–water partition coefficient (Wildman–Crippen LogP) is 2.94. The number of hydrogen-bond donors (Lipinski definition) is 0. The molecule has 0 saturated heterocycles. The highest BCUT2D eigenvalue weighted by Gasteiger charge is 2.22. The molecule has 0 aliphatic carbocycles. The van der Waals surface area contributed by atoms with Crippen molar-refractivity contribution in [1.82, 2.24) is 9.88 Å².